The van der Waals surface area contributed by atoms with E-state index in [4.69, 9.17) is 4.74 Å². The van der Waals surface area contributed by atoms with Crippen molar-refractivity contribution in [2.75, 3.05) is 0 Å². The van der Waals surface area contributed by atoms with Gasteiger partial charge in [0, 0.05) is 23.5 Å². The van der Waals surface area contributed by atoms with Crippen LogP contribution >= 0.6 is 0 Å². The van der Waals surface area contributed by atoms with Gasteiger partial charge in [0.05, 0.1) is 0 Å². The van der Waals surface area contributed by atoms with Gasteiger partial charge in [-0.15, -0.1) is 8.78 Å². The predicted octanol–water partition coefficient (Wildman–Crippen LogP) is 6.85. The second-order valence-corrected chi connectivity index (χ2v) is 6.36. The fourth-order valence-corrected chi connectivity index (χ4v) is 2.92. The fourth-order valence-electron chi connectivity index (χ4n) is 2.92. The van der Waals surface area contributed by atoms with E-state index in [1.165, 1.54) is 30.6 Å². The maximum absolute atomic E-state index is 13.9. The zero-order chi connectivity index (χ0) is 23.9. The topological polar surface area (TPSA) is 53.5 Å². The van der Waals surface area contributed by atoms with Crippen molar-refractivity contribution in [1.82, 2.24) is 9.97 Å². The molecule has 0 saturated carbocycles. The van der Waals surface area contributed by atoms with Crippen LogP contribution in [0.1, 0.15) is 44.4 Å². The van der Waals surface area contributed by atoms with Crippen LogP contribution < -0.4 is 14.2 Å². The summed E-state index contributed by atoms with van der Waals surface area (Å²) in [7, 11) is 0. The molecule has 0 amide bonds. The fraction of sp³-hybridized carbons (Fsp3) is 0.333. The summed E-state index contributed by atoms with van der Waals surface area (Å²) in [5.74, 6) is -0.433. The van der Waals surface area contributed by atoms with Crippen molar-refractivity contribution in [3.8, 4) is 28.6 Å². The van der Waals surface area contributed by atoms with Crippen molar-refractivity contribution in [1.29, 1.82) is 0 Å². The van der Waals surface area contributed by atoms with Gasteiger partial charge in [-0.3, -0.25) is 0 Å². The van der Waals surface area contributed by atoms with E-state index in [1.54, 1.807) is 26.0 Å². The van der Waals surface area contributed by atoms with Crippen LogP contribution in [0.5, 0.6) is 17.5 Å². The predicted molar refractivity (Wildman–Crippen MR) is 117 cm³/mol. The number of halogens is 3. The highest BCUT2D eigenvalue weighted by Crippen LogP contribution is 2.44. The van der Waals surface area contributed by atoms with Gasteiger partial charge in [-0.25, -0.2) is 14.4 Å². The van der Waals surface area contributed by atoms with Gasteiger partial charge in [0.1, 0.15) is 12.4 Å². The molecule has 0 atom stereocenters. The lowest BCUT2D eigenvalue weighted by Crippen LogP contribution is -2.25. The first-order chi connectivity index (χ1) is 15.3. The lowest BCUT2D eigenvalue weighted by atomic mass is 10.0. The van der Waals surface area contributed by atoms with Crippen LogP contribution in [-0.2, 0) is 6.61 Å². The number of rotatable bonds is 4. The molecule has 0 saturated heterocycles. The third kappa shape index (κ3) is 5.69. The summed E-state index contributed by atoms with van der Waals surface area (Å²) in [5, 5.41) is 0. The minimum Gasteiger partial charge on any atom is -0.458 e. The second-order valence-electron chi connectivity index (χ2n) is 6.36. The summed E-state index contributed by atoms with van der Waals surface area (Å²) in [6, 6.07) is 7.78. The standard InChI is InChI=1S/C20H15F3N2O3.2C2H6/c1-11-4-3-5-16(21)15(11)10-26-19-24-8-13(9-25-19)14-7-18-17(6-12(14)2)27-20(22,23)28-18;2*1-2/h3-9H,10H2,1-2H3;2*1-2H3. The average molecular weight is 448 g/mol. The highest BCUT2D eigenvalue weighted by atomic mass is 19.3. The lowest BCUT2D eigenvalue weighted by Gasteiger charge is -2.10. The molecule has 1 aliphatic heterocycles. The van der Waals surface area contributed by atoms with Crippen molar-refractivity contribution < 1.29 is 27.4 Å². The molecule has 0 fully saturated rings. The summed E-state index contributed by atoms with van der Waals surface area (Å²) in [6.07, 6.45) is -0.676. The van der Waals surface area contributed by atoms with E-state index >= 15 is 0 Å². The van der Waals surface area contributed by atoms with Crippen molar-refractivity contribution in [2.45, 2.75) is 54.4 Å². The Hall–Kier alpha value is -3.29. The first-order valence-corrected chi connectivity index (χ1v) is 10.4. The van der Waals surface area contributed by atoms with Crippen LogP contribution in [0.3, 0.4) is 0 Å². The molecular formula is C24H27F3N2O3. The normalized spacial score (nSPS) is 12.8. The molecule has 1 aliphatic rings. The van der Waals surface area contributed by atoms with E-state index in [0.29, 0.717) is 22.3 Å². The minimum atomic E-state index is -3.67. The molecule has 0 N–H and O–H groups in total. The minimum absolute atomic E-state index is 0.00398. The van der Waals surface area contributed by atoms with Gasteiger partial charge in [-0.2, -0.15) is 0 Å². The third-order valence-corrected chi connectivity index (χ3v) is 4.39. The lowest BCUT2D eigenvalue weighted by molar-refractivity contribution is -0.286. The molecule has 4 rings (SSSR count). The first-order valence-electron chi connectivity index (χ1n) is 10.4. The van der Waals surface area contributed by atoms with Crippen molar-refractivity contribution in [2.24, 2.45) is 0 Å². The van der Waals surface area contributed by atoms with Gasteiger partial charge >= 0.3 is 12.3 Å². The number of benzene rings is 2. The first kappa shape index (κ1) is 25.0. The van der Waals surface area contributed by atoms with E-state index in [0.717, 1.165) is 5.56 Å². The van der Waals surface area contributed by atoms with Crippen molar-refractivity contribution >= 4 is 0 Å². The highest BCUT2D eigenvalue weighted by molar-refractivity contribution is 5.70. The summed E-state index contributed by atoms with van der Waals surface area (Å²) >= 11 is 0. The van der Waals surface area contributed by atoms with E-state index in [2.05, 4.69) is 19.4 Å². The molecule has 2 aromatic carbocycles. The molecule has 5 nitrogen and oxygen atoms in total. The van der Waals surface area contributed by atoms with E-state index in [-0.39, 0.29) is 29.9 Å². The number of hydrogen-bond donors (Lipinski definition) is 0. The van der Waals surface area contributed by atoms with Crippen LogP contribution in [0, 0.1) is 19.7 Å². The SMILES string of the molecule is CC.CC.Cc1cc2c(cc1-c1cnc(OCc3c(C)cccc3F)nc1)OC(F)(F)O2. The molecule has 0 aliphatic carbocycles. The van der Waals surface area contributed by atoms with E-state index in [1.807, 2.05) is 27.7 Å². The largest absolute Gasteiger partial charge is 0.586 e. The number of fused-ring (bicyclic) bond motifs is 1. The molecule has 3 aromatic rings. The van der Waals surface area contributed by atoms with Crippen LogP contribution in [0.4, 0.5) is 13.2 Å². The van der Waals surface area contributed by atoms with Gasteiger partial charge < -0.3 is 14.2 Å². The molecule has 8 heteroatoms. The Morgan fingerprint density at radius 3 is 2.09 bits per heavy atom. The Kier molecular flexibility index (Phi) is 8.46. The monoisotopic (exact) mass is 448 g/mol. The number of aromatic nitrogens is 2. The Morgan fingerprint density at radius 2 is 1.50 bits per heavy atom. The molecule has 1 aromatic heterocycles. The Morgan fingerprint density at radius 1 is 0.906 bits per heavy atom. The average Bonchev–Trinajstić information content (AvgIpc) is 3.09. The second kappa shape index (κ2) is 10.8. The number of aryl methyl sites for hydroxylation is 2. The molecule has 0 unspecified atom stereocenters. The Bertz CT molecular complexity index is 1020. The van der Waals surface area contributed by atoms with Crippen LogP contribution in [-0.4, -0.2) is 16.3 Å². The zero-order valence-electron chi connectivity index (χ0n) is 19.0. The molecule has 0 bridgehead atoms. The van der Waals surface area contributed by atoms with Crippen LogP contribution in [0.25, 0.3) is 11.1 Å². The van der Waals surface area contributed by atoms with Gasteiger partial charge in [-0.1, -0.05) is 39.8 Å². The maximum atomic E-state index is 13.9. The van der Waals surface area contributed by atoms with Gasteiger partial charge in [-0.05, 0) is 48.7 Å². The van der Waals surface area contributed by atoms with Crippen LogP contribution in [0.15, 0.2) is 42.7 Å². The van der Waals surface area contributed by atoms with Gasteiger partial charge in [0.15, 0.2) is 11.5 Å². The van der Waals surface area contributed by atoms with Gasteiger partial charge in [0.25, 0.3) is 0 Å². The van der Waals surface area contributed by atoms with E-state index in [9.17, 15) is 13.2 Å². The number of hydrogen-bond acceptors (Lipinski definition) is 5. The molecular weight excluding hydrogens is 421 g/mol. The molecule has 0 spiro atoms. The van der Waals surface area contributed by atoms with Crippen molar-refractivity contribution in [3.05, 3.63) is 65.2 Å². The number of ether oxygens (including phenoxy) is 3. The number of nitrogens with zero attached hydrogens (tertiary/aromatic N) is 2. The summed E-state index contributed by atoms with van der Waals surface area (Å²) < 4.78 is 54.7. The maximum Gasteiger partial charge on any atom is 0.586 e. The molecule has 0 radical (unpaired) electrons. The third-order valence-electron chi connectivity index (χ3n) is 4.39. The summed E-state index contributed by atoms with van der Waals surface area (Å²) in [5.41, 5.74) is 3.11. The molecule has 32 heavy (non-hydrogen) atoms. The number of alkyl halides is 2. The zero-order valence-corrected chi connectivity index (χ0v) is 19.0. The van der Waals surface area contributed by atoms with Crippen molar-refractivity contribution in [3.63, 3.8) is 0 Å². The Balaban J connectivity index is 0.000000860. The quantitative estimate of drug-likeness (QED) is 0.437. The highest BCUT2D eigenvalue weighted by Gasteiger charge is 2.43. The Labute approximate surface area is 186 Å². The van der Waals surface area contributed by atoms with Crippen LogP contribution in [0.2, 0.25) is 0 Å². The van der Waals surface area contributed by atoms with E-state index < -0.39 is 6.29 Å². The smallest absolute Gasteiger partial charge is 0.458 e. The summed E-state index contributed by atoms with van der Waals surface area (Å²) in [4.78, 5) is 8.23. The van der Waals surface area contributed by atoms with Gasteiger partial charge in [0.2, 0.25) is 0 Å². The molecule has 2 heterocycles. The summed E-state index contributed by atoms with van der Waals surface area (Å²) in [6.45, 7) is 11.5. The molecule has 172 valence electrons.